The number of hydrogen-bond acceptors (Lipinski definition) is 3. The number of sulfone groups is 1. The van der Waals surface area contributed by atoms with Gasteiger partial charge < -0.3 is 4.74 Å². The van der Waals surface area contributed by atoms with E-state index in [-0.39, 0.29) is 12.4 Å². The number of allylic oxidation sites excluding steroid dienone is 3. The molecule has 0 N–H and O–H groups in total. The van der Waals surface area contributed by atoms with Crippen LogP contribution in [0.1, 0.15) is 6.42 Å². The van der Waals surface area contributed by atoms with E-state index in [1.807, 2.05) is 18.2 Å². The molecule has 14 heavy (non-hydrogen) atoms. The van der Waals surface area contributed by atoms with E-state index < -0.39 is 9.84 Å². The van der Waals surface area contributed by atoms with Gasteiger partial charge in [-0.05, 0) is 12.0 Å². The van der Waals surface area contributed by atoms with E-state index >= 15 is 0 Å². The predicted molar refractivity (Wildman–Crippen MR) is 56.6 cm³/mol. The highest BCUT2D eigenvalue weighted by molar-refractivity contribution is 7.94. The molecule has 1 aliphatic carbocycles. The second-order valence-corrected chi connectivity index (χ2v) is 5.11. The molecule has 0 unspecified atom stereocenters. The summed E-state index contributed by atoms with van der Waals surface area (Å²) in [6.45, 7) is 3.97. The highest BCUT2D eigenvalue weighted by atomic mass is 32.2. The molecule has 0 bridgehead atoms. The first-order valence-electron chi connectivity index (χ1n) is 4.41. The first-order chi connectivity index (χ1) is 6.64. The summed E-state index contributed by atoms with van der Waals surface area (Å²) in [5.74, 6) is 0.0111. The monoisotopic (exact) mass is 214 g/mol. The number of ether oxygens (including phenoxy) is 1. The Morgan fingerprint density at radius 2 is 2.36 bits per heavy atom. The van der Waals surface area contributed by atoms with Crippen molar-refractivity contribution in [3.8, 4) is 0 Å². The summed E-state index contributed by atoms with van der Waals surface area (Å²) in [6, 6.07) is 0. The Bertz CT molecular complexity index is 350. The molecular weight excluding hydrogens is 200 g/mol. The molecule has 3 nitrogen and oxygen atoms in total. The fourth-order valence-electron chi connectivity index (χ4n) is 1.06. The second kappa shape index (κ2) is 5.12. The van der Waals surface area contributed by atoms with E-state index in [1.165, 1.54) is 5.57 Å². The lowest BCUT2D eigenvalue weighted by molar-refractivity contribution is 0.171. The van der Waals surface area contributed by atoms with Crippen LogP contribution in [-0.2, 0) is 14.6 Å². The molecule has 0 aromatic carbocycles. The number of hydrogen-bond donors (Lipinski definition) is 0. The van der Waals surface area contributed by atoms with Crippen molar-refractivity contribution in [2.24, 2.45) is 0 Å². The molecule has 0 aromatic heterocycles. The molecule has 0 spiro atoms. The molecule has 0 aromatic rings. The highest BCUT2D eigenvalue weighted by Gasteiger charge is 2.05. The first-order valence-corrected chi connectivity index (χ1v) is 6.13. The van der Waals surface area contributed by atoms with Gasteiger partial charge in [0.25, 0.3) is 0 Å². The molecule has 0 saturated carbocycles. The second-order valence-electron chi connectivity index (χ2n) is 3.04. The van der Waals surface area contributed by atoms with Crippen LogP contribution in [0.5, 0.6) is 0 Å². The summed E-state index contributed by atoms with van der Waals surface area (Å²) in [4.78, 5) is 0. The van der Waals surface area contributed by atoms with Crippen molar-refractivity contribution in [1.82, 2.24) is 0 Å². The summed E-state index contributed by atoms with van der Waals surface area (Å²) in [5.41, 5.74) is 1.18. The largest absolute Gasteiger partial charge is 0.376 e. The van der Waals surface area contributed by atoms with Gasteiger partial charge in [-0.3, -0.25) is 0 Å². The minimum atomic E-state index is -3.11. The van der Waals surface area contributed by atoms with E-state index in [0.717, 1.165) is 11.8 Å². The van der Waals surface area contributed by atoms with Crippen LogP contribution < -0.4 is 0 Å². The molecule has 78 valence electrons. The van der Waals surface area contributed by atoms with Crippen LogP contribution in [0.3, 0.4) is 0 Å². The van der Waals surface area contributed by atoms with Gasteiger partial charge in [0.15, 0.2) is 9.84 Å². The van der Waals surface area contributed by atoms with Crippen LogP contribution in [0, 0.1) is 0 Å². The molecule has 0 amide bonds. The highest BCUT2D eigenvalue weighted by Crippen LogP contribution is 2.09. The van der Waals surface area contributed by atoms with E-state index in [1.54, 1.807) is 0 Å². The number of rotatable bonds is 6. The minimum Gasteiger partial charge on any atom is -0.376 e. The summed E-state index contributed by atoms with van der Waals surface area (Å²) in [5, 5.41) is 0.965. The Balaban J connectivity index is 2.14. The van der Waals surface area contributed by atoms with E-state index in [9.17, 15) is 8.42 Å². The van der Waals surface area contributed by atoms with Crippen molar-refractivity contribution >= 4 is 9.84 Å². The normalized spacial score (nSPS) is 15.6. The van der Waals surface area contributed by atoms with Gasteiger partial charge in [-0.15, -0.1) is 0 Å². The molecule has 1 aliphatic rings. The molecule has 1 rings (SSSR count). The van der Waals surface area contributed by atoms with Crippen LogP contribution in [0.4, 0.5) is 0 Å². The van der Waals surface area contributed by atoms with Crippen molar-refractivity contribution < 1.29 is 13.2 Å². The van der Waals surface area contributed by atoms with Gasteiger partial charge in [0.2, 0.25) is 0 Å². The van der Waals surface area contributed by atoms with Crippen molar-refractivity contribution in [1.29, 1.82) is 0 Å². The average molecular weight is 214 g/mol. The Hall–Kier alpha value is -0.870. The maximum atomic E-state index is 11.0. The Kier molecular flexibility index (Phi) is 4.10. The van der Waals surface area contributed by atoms with Crippen molar-refractivity contribution in [2.45, 2.75) is 6.42 Å². The van der Waals surface area contributed by atoms with Gasteiger partial charge in [-0.2, -0.15) is 0 Å². The molecule has 0 fully saturated rings. The Morgan fingerprint density at radius 1 is 1.57 bits per heavy atom. The maximum Gasteiger partial charge on any atom is 0.173 e. The van der Waals surface area contributed by atoms with Crippen molar-refractivity contribution in [2.75, 3.05) is 19.0 Å². The van der Waals surface area contributed by atoms with Crippen LogP contribution in [-0.4, -0.2) is 27.4 Å². The van der Waals surface area contributed by atoms with Gasteiger partial charge in [0, 0.05) is 5.41 Å². The van der Waals surface area contributed by atoms with Crippen LogP contribution in [0.15, 0.2) is 35.8 Å². The van der Waals surface area contributed by atoms with Gasteiger partial charge >= 0.3 is 0 Å². The van der Waals surface area contributed by atoms with E-state index in [0.29, 0.717) is 6.61 Å². The van der Waals surface area contributed by atoms with Crippen molar-refractivity contribution in [3.05, 3.63) is 35.8 Å². The standard InChI is InChI=1S/C10H14O3S/c1-2-14(11,12)8-7-13-9-10-5-3-4-6-10/h2-5H,1,6-9H2. The van der Waals surface area contributed by atoms with Gasteiger partial charge in [0.05, 0.1) is 19.0 Å². The van der Waals surface area contributed by atoms with Gasteiger partial charge in [0.1, 0.15) is 0 Å². The quantitative estimate of drug-likeness (QED) is 0.628. The lowest BCUT2D eigenvalue weighted by atomic mass is 10.2. The molecule has 0 radical (unpaired) electrons. The zero-order valence-corrected chi connectivity index (χ0v) is 8.79. The Labute approximate surface area is 84.7 Å². The van der Waals surface area contributed by atoms with Crippen LogP contribution >= 0.6 is 0 Å². The molecule has 0 aliphatic heterocycles. The third kappa shape index (κ3) is 3.89. The molecule has 0 atom stereocenters. The molecule has 0 saturated heterocycles. The van der Waals surface area contributed by atoms with Crippen LogP contribution in [0.25, 0.3) is 0 Å². The molecule has 4 heteroatoms. The summed E-state index contributed by atoms with van der Waals surface area (Å²) in [7, 11) is -3.11. The zero-order chi connectivity index (χ0) is 10.4. The third-order valence-electron chi connectivity index (χ3n) is 1.90. The summed E-state index contributed by atoms with van der Waals surface area (Å²) in [6.07, 6.45) is 6.91. The molecule has 0 heterocycles. The summed E-state index contributed by atoms with van der Waals surface area (Å²) < 4.78 is 27.2. The fourth-order valence-corrected chi connectivity index (χ4v) is 1.58. The third-order valence-corrected chi connectivity index (χ3v) is 3.15. The average Bonchev–Trinajstić information content (AvgIpc) is 2.65. The van der Waals surface area contributed by atoms with E-state index in [4.69, 9.17) is 4.74 Å². The fraction of sp³-hybridized carbons (Fsp3) is 0.400. The lowest BCUT2D eigenvalue weighted by Gasteiger charge is -2.03. The zero-order valence-electron chi connectivity index (χ0n) is 7.98. The predicted octanol–water partition coefficient (Wildman–Crippen LogP) is 1.45. The van der Waals surface area contributed by atoms with Gasteiger partial charge in [-0.25, -0.2) is 8.42 Å². The minimum absolute atomic E-state index is 0.0111. The van der Waals surface area contributed by atoms with Crippen LogP contribution in [0.2, 0.25) is 0 Å². The first kappa shape index (κ1) is 11.2. The summed E-state index contributed by atoms with van der Waals surface area (Å²) >= 11 is 0. The van der Waals surface area contributed by atoms with Crippen molar-refractivity contribution in [3.63, 3.8) is 0 Å². The molecular formula is C10H14O3S. The van der Waals surface area contributed by atoms with Gasteiger partial charge in [-0.1, -0.05) is 24.8 Å². The Morgan fingerprint density at radius 3 is 2.93 bits per heavy atom. The maximum absolute atomic E-state index is 11.0. The van der Waals surface area contributed by atoms with E-state index in [2.05, 4.69) is 6.58 Å². The topological polar surface area (TPSA) is 43.4 Å². The smallest absolute Gasteiger partial charge is 0.173 e. The SMILES string of the molecule is C=CS(=O)(=O)CCOCC1=CC=CC1. The lowest BCUT2D eigenvalue weighted by Crippen LogP contribution is -2.10.